The Hall–Kier alpha value is -9.96. The van der Waals surface area contributed by atoms with Gasteiger partial charge in [-0.25, -0.2) is 0 Å². The molecule has 3 aromatic heterocycles. The molecule has 0 amide bonds. The highest BCUT2D eigenvalue weighted by molar-refractivity contribution is 6.14. The molecule has 0 spiro atoms. The van der Waals surface area contributed by atoms with E-state index in [-0.39, 0.29) is 0 Å². The number of rotatable bonds is 7. The lowest BCUT2D eigenvalue weighted by Gasteiger charge is -2.24. The second-order valence-electron chi connectivity index (χ2n) is 22.7. The molecule has 81 heavy (non-hydrogen) atoms. The SMILES string of the molecule is Cc1ccc2c(c1)c1cc(C)ccc1n2-c1ccc(-c2ccc3c(c2)c2cc(-c4ccc(-n5c6ccc(C)cc6c6cc(C)ccc65)cc4)ccc2n3-c2ccc(-c3c4c(c(-c5ccccc5)c5ccccc35)C=CCC4)cc2)cc1. The Morgan fingerprint density at radius 1 is 0.272 bits per heavy atom. The minimum atomic E-state index is 1.01. The molecule has 0 fully saturated rings. The van der Waals surface area contributed by atoms with Crippen molar-refractivity contribution in [3.05, 3.63) is 276 Å². The number of hydrogen-bond donors (Lipinski definition) is 0. The molecule has 0 atom stereocenters. The van der Waals surface area contributed by atoms with Gasteiger partial charge in [-0.2, -0.15) is 0 Å². The van der Waals surface area contributed by atoms with Gasteiger partial charge in [0.1, 0.15) is 0 Å². The first kappa shape index (κ1) is 47.1. The van der Waals surface area contributed by atoms with Crippen LogP contribution in [-0.4, -0.2) is 13.7 Å². The van der Waals surface area contributed by atoms with Gasteiger partial charge in [0.05, 0.1) is 33.1 Å². The molecule has 3 heterocycles. The van der Waals surface area contributed by atoms with Crippen molar-refractivity contribution in [1.82, 2.24) is 13.7 Å². The van der Waals surface area contributed by atoms with Gasteiger partial charge in [0, 0.05) is 49.4 Å². The second-order valence-corrected chi connectivity index (χ2v) is 22.7. The molecule has 12 aromatic carbocycles. The molecule has 384 valence electrons. The van der Waals surface area contributed by atoms with Crippen molar-refractivity contribution >= 4 is 82.3 Å². The van der Waals surface area contributed by atoms with Crippen molar-refractivity contribution < 1.29 is 0 Å². The molecule has 0 saturated heterocycles. The second kappa shape index (κ2) is 18.3. The lowest BCUT2D eigenvalue weighted by atomic mass is 9.80. The summed E-state index contributed by atoms with van der Waals surface area (Å²) >= 11 is 0. The van der Waals surface area contributed by atoms with Crippen LogP contribution in [-0.2, 0) is 6.42 Å². The summed E-state index contributed by atoms with van der Waals surface area (Å²) in [7, 11) is 0. The average molecular weight is 1040 g/mol. The number of aryl methyl sites for hydroxylation is 4. The van der Waals surface area contributed by atoms with E-state index >= 15 is 0 Å². The van der Waals surface area contributed by atoms with Gasteiger partial charge < -0.3 is 13.7 Å². The summed E-state index contributed by atoms with van der Waals surface area (Å²) < 4.78 is 7.31. The molecule has 15 aromatic rings. The van der Waals surface area contributed by atoms with Crippen molar-refractivity contribution in [3.8, 4) is 61.6 Å². The number of nitrogens with zero attached hydrogens (tertiary/aromatic N) is 3. The monoisotopic (exact) mass is 1040 g/mol. The zero-order chi connectivity index (χ0) is 54.0. The Balaban J connectivity index is 0.832. The molecule has 0 bridgehead atoms. The maximum Gasteiger partial charge on any atom is 0.0541 e. The molecule has 3 heteroatoms. The minimum absolute atomic E-state index is 1.01. The quantitative estimate of drug-likeness (QED) is 0.151. The van der Waals surface area contributed by atoms with Gasteiger partial charge in [0.25, 0.3) is 0 Å². The average Bonchev–Trinajstić information content (AvgIpc) is 4.26. The van der Waals surface area contributed by atoms with Crippen LogP contribution in [0.1, 0.15) is 39.8 Å². The lowest BCUT2D eigenvalue weighted by molar-refractivity contribution is 0.991. The Morgan fingerprint density at radius 3 is 1.02 bits per heavy atom. The van der Waals surface area contributed by atoms with Gasteiger partial charge in [-0.05, 0) is 216 Å². The standard InChI is InChI=1S/C78H57N3/c1-48-18-36-71-65(42-48)66-43-49(2)19-37-72(66)79(71)58-30-22-52(23-31-58)56-28-40-75-69(46-56)70-47-57(53-24-32-59(33-25-53)80-73-38-20-50(3)44-67(73)68-45-51(4)21-39-74(68)80)29-41-76(70)81(75)60-34-26-55(27-35-60)78-63-16-10-8-14-61(63)77(54-12-6-5-7-13-54)62-15-9-11-17-64(62)78/h5-10,12-16,18-47H,11,17H2,1-4H3. The van der Waals surface area contributed by atoms with Crippen LogP contribution < -0.4 is 0 Å². The molecule has 0 N–H and O–H groups in total. The number of fused-ring (bicyclic) bond motifs is 11. The van der Waals surface area contributed by atoms with Crippen LogP contribution in [0, 0.1) is 27.7 Å². The molecule has 0 saturated carbocycles. The molecule has 3 nitrogen and oxygen atoms in total. The summed E-state index contributed by atoms with van der Waals surface area (Å²) in [5.41, 5.74) is 28.5. The summed E-state index contributed by atoms with van der Waals surface area (Å²) in [6.45, 7) is 8.73. The first-order valence-corrected chi connectivity index (χ1v) is 28.5. The number of allylic oxidation sites excluding steroid dienone is 1. The molecule has 0 radical (unpaired) electrons. The maximum absolute atomic E-state index is 2.47. The first-order valence-electron chi connectivity index (χ1n) is 28.5. The van der Waals surface area contributed by atoms with E-state index in [4.69, 9.17) is 0 Å². The predicted octanol–water partition coefficient (Wildman–Crippen LogP) is 21.0. The van der Waals surface area contributed by atoms with Crippen LogP contribution in [0.3, 0.4) is 0 Å². The van der Waals surface area contributed by atoms with E-state index in [1.807, 2.05) is 0 Å². The van der Waals surface area contributed by atoms with Crippen molar-refractivity contribution in [2.45, 2.75) is 40.5 Å². The summed E-state index contributed by atoms with van der Waals surface area (Å²) in [5, 5.41) is 10.2. The van der Waals surface area contributed by atoms with Crippen LogP contribution in [0.4, 0.5) is 0 Å². The molecule has 1 aliphatic carbocycles. The third-order valence-corrected chi connectivity index (χ3v) is 17.5. The molecular weight excluding hydrogens is 979 g/mol. The van der Waals surface area contributed by atoms with E-state index in [0.29, 0.717) is 0 Å². The molecule has 1 aliphatic rings. The highest BCUT2D eigenvalue weighted by Gasteiger charge is 2.23. The molecule has 16 rings (SSSR count). The van der Waals surface area contributed by atoms with Gasteiger partial charge in [-0.1, -0.05) is 162 Å². The van der Waals surface area contributed by atoms with Crippen molar-refractivity contribution in [1.29, 1.82) is 0 Å². The van der Waals surface area contributed by atoms with Crippen LogP contribution >= 0.6 is 0 Å². The van der Waals surface area contributed by atoms with E-state index in [0.717, 1.165) is 29.9 Å². The van der Waals surface area contributed by atoms with Crippen LogP contribution in [0.15, 0.2) is 243 Å². The van der Waals surface area contributed by atoms with Crippen molar-refractivity contribution in [2.75, 3.05) is 0 Å². The summed E-state index contributed by atoms with van der Waals surface area (Å²) in [4.78, 5) is 0. The number of benzene rings is 12. The Kier molecular flexibility index (Phi) is 10.6. The molecular formula is C78H57N3. The van der Waals surface area contributed by atoms with Crippen LogP contribution in [0.5, 0.6) is 0 Å². The van der Waals surface area contributed by atoms with Crippen LogP contribution in [0.25, 0.3) is 144 Å². The minimum Gasteiger partial charge on any atom is -0.309 e. The fourth-order valence-electron chi connectivity index (χ4n) is 13.7. The zero-order valence-electron chi connectivity index (χ0n) is 45.9. The van der Waals surface area contributed by atoms with Gasteiger partial charge in [0.15, 0.2) is 0 Å². The fourth-order valence-corrected chi connectivity index (χ4v) is 13.7. The van der Waals surface area contributed by atoms with E-state index < -0.39 is 0 Å². The summed E-state index contributed by atoms with van der Waals surface area (Å²) in [6.07, 6.45) is 6.76. The van der Waals surface area contributed by atoms with Gasteiger partial charge >= 0.3 is 0 Å². The van der Waals surface area contributed by atoms with Gasteiger partial charge in [-0.15, -0.1) is 0 Å². The lowest BCUT2D eigenvalue weighted by Crippen LogP contribution is -2.02. The highest BCUT2D eigenvalue weighted by Crippen LogP contribution is 2.46. The van der Waals surface area contributed by atoms with Crippen LogP contribution in [0.2, 0.25) is 0 Å². The Bertz CT molecular complexity index is 4750. The topological polar surface area (TPSA) is 14.8 Å². The Labute approximate surface area is 471 Å². The molecule has 0 aliphatic heterocycles. The predicted molar refractivity (Wildman–Crippen MR) is 345 cm³/mol. The number of aromatic nitrogens is 3. The third-order valence-electron chi connectivity index (χ3n) is 17.5. The third kappa shape index (κ3) is 7.49. The van der Waals surface area contributed by atoms with E-state index in [2.05, 4.69) is 290 Å². The smallest absolute Gasteiger partial charge is 0.0541 e. The van der Waals surface area contributed by atoms with Gasteiger partial charge in [0.2, 0.25) is 0 Å². The van der Waals surface area contributed by atoms with E-state index in [1.54, 1.807) is 0 Å². The normalized spacial score (nSPS) is 12.5. The number of hydrogen-bond acceptors (Lipinski definition) is 0. The van der Waals surface area contributed by atoms with Crippen molar-refractivity contribution in [3.63, 3.8) is 0 Å². The van der Waals surface area contributed by atoms with E-state index in [9.17, 15) is 0 Å². The molecule has 0 unspecified atom stereocenters. The Morgan fingerprint density at radius 2 is 0.605 bits per heavy atom. The largest absolute Gasteiger partial charge is 0.309 e. The summed E-state index contributed by atoms with van der Waals surface area (Å²) in [6, 6.07) is 89.2. The van der Waals surface area contributed by atoms with Gasteiger partial charge in [-0.3, -0.25) is 0 Å². The maximum atomic E-state index is 2.47. The first-order chi connectivity index (χ1) is 39.8. The van der Waals surface area contributed by atoms with Crippen molar-refractivity contribution in [2.24, 2.45) is 0 Å². The summed E-state index contributed by atoms with van der Waals surface area (Å²) in [5.74, 6) is 0. The zero-order valence-corrected chi connectivity index (χ0v) is 45.9. The highest BCUT2D eigenvalue weighted by atomic mass is 15.0. The fraction of sp³-hybridized carbons (Fsp3) is 0.0769. The van der Waals surface area contributed by atoms with E-state index in [1.165, 1.54) is 154 Å².